The number of ketones is 1. The molecule has 0 aliphatic rings. The summed E-state index contributed by atoms with van der Waals surface area (Å²) < 4.78 is 0. The van der Waals surface area contributed by atoms with Gasteiger partial charge in [0.05, 0.1) is 0 Å². The molecule has 0 N–H and O–H groups in total. The van der Waals surface area contributed by atoms with Crippen LogP contribution in [-0.2, 0) is 32.7 Å². The number of carbonyl (C=O) groups excluding carboxylic acids is 1. The molecule has 0 atom stereocenters. The van der Waals surface area contributed by atoms with E-state index in [0.717, 1.165) is 22.0 Å². The molecule has 0 saturated carbocycles. The molecule has 3 heteroatoms. The summed E-state index contributed by atoms with van der Waals surface area (Å²) in [6, 6.07) is 7.62. The van der Waals surface area contributed by atoms with Gasteiger partial charge in [-0.2, -0.15) is 0 Å². The van der Waals surface area contributed by atoms with E-state index in [4.69, 9.17) is 0 Å². The number of aromatic nitrogens is 1. The van der Waals surface area contributed by atoms with Crippen molar-refractivity contribution in [1.82, 2.24) is 4.98 Å². The van der Waals surface area contributed by atoms with Crippen molar-refractivity contribution in [3.05, 3.63) is 41.6 Å². The van der Waals surface area contributed by atoms with Gasteiger partial charge in [0, 0.05) is 0 Å². The molecule has 0 amide bonds. The molecule has 0 spiro atoms. The van der Waals surface area contributed by atoms with Crippen molar-refractivity contribution in [2.24, 2.45) is 0 Å². The maximum absolute atomic E-state index is 11.4. The van der Waals surface area contributed by atoms with Crippen LogP contribution in [0.1, 0.15) is 22.8 Å². The van der Waals surface area contributed by atoms with E-state index in [-0.39, 0.29) is 38.5 Å². The van der Waals surface area contributed by atoms with Gasteiger partial charge in [0.15, 0.2) is 0 Å². The second kappa shape index (κ2) is 4.95. The zero-order chi connectivity index (χ0) is 10.1. The fourth-order valence-electron chi connectivity index (χ4n) is 1.64. The molecule has 0 bridgehead atoms. The Balaban J connectivity index is 0.00000112. The van der Waals surface area contributed by atoms with Gasteiger partial charge in [0.1, 0.15) is 5.78 Å². The Kier molecular flexibility index (Phi) is 4.12. The second-order valence-corrected chi connectivity index (χ2v) is 3.30. The third-order valence-corrected chi connectivity index (χ3v) is 2.24. The Morgan fingerprint density at radius 3 is 2.67 bits per heavy atom. The van der Waals surface area contributed by atoms with Gasteiger partial charge in [0.25, 0.3) is 0 Å². The van der Waals surface area contributed by atoms with Gasteiger partial charge in [-0.25, -0.2) is 0 Å². The first-order valence-electron chi connectivity index (χ1n) is 4.48. The van der Waals surface area contributed by atoms with Crippen LogP contribution in [-0.4, -0.2) is 10.8 Å². The molecule has 0 saturated heterocycles. The van der Waals surface area contributed by atoms with Gasteiger partial charge in [-0.15, -0.1) is 5.56 Å². The SMILES string of the molecule is CC(=O)c1c(C)[c-]nc2ccccc12.[Y+3]. The predicted octanol–water partition coefficient (Wildman–Crippen LogP) is 2.54. The summed E-state index contributed by atoms with van der Waals surface area (Å²) in [5.74, 6) is 0.0670. The summed E-state index contributed by atoms with van der Waals surface area (Å²) in [6.45, 7) is 3.43. The molecule has 2 aromatic rings. The molecule has 2 nitrogen and oxygen atoms in total. The number of Topliss-reactive ketones (excluding diaryl/α,β-unsaturated/α-hetero) is 1. The van der Waals surface area contributed by atoms with Gasteiger partial charge in [0.2, 0.25) is 0 Å². The van der Waals surface area contributed by atoms with E-state index < -0.39 is 0 Å². The van der Waals surface area contributed by atoms with E-state index in [1.165, 1.54) is 0 Å². The first kappa shape index (κ1) is 12.5. The number of pyridine rings is 1. The first-order chi connectivity index (χ1) is 6.70. The van der Waals surface area contributed by atoms with E-state index in [0.29, 0.717) is 0 Å². The van der Waals surface area contributed by atoms with Crippen molar-refractivity contribution in [1.29, 1.82) is 0 Å². The number of hydrogen-bond donors (Lipinski definition) is 0. The smallest absolute Gasteiger partial charge is 0.386 e. The average Bonchev–Trinajstić information content (AvgIpc) is 2.17. The Hall–Kier alpha value is -0.596. The molecule has 70 valence electrons. The number of nitrogens with zero attached hydrogens (tertiary/aromatic N) is 1. The molecule has 1 aromatic carbocycles. The van der Waals surface area contributed by atoms with Crippen LogP contribution in [0.5, 0.6) is 0 Å². The van der Waals surface area contributed by atoms with E-state index in [1.807, 2.05) is 31.2 Å². The Labute approximate surface area is 114 Å². The molecule has 0 aliphatic carbocycles. The van der Waals surface area contributed by atoms with Gasteiger partial charge in [-0.1, -0.05) is 48.3 Å². The van der Waals surface area contributed by atoms with Crippen molar-refractivity contribution in [2.45, 2.75) is 13.8 Å². The number of fused-ring (bicyclic) bond motifs is 1. The molecular weight excluding hydrogens is 263 g/mol. The quantitative estimate of drug-likeness (QED) is 0.590. The van der Waals surface area contributed by atoms with Crippen LogP contribution in [0.2, 0.25) is 0 Å². The minimum absolute atomic E-state index is 0. The van der Waals surface area contributed by atoms with Crippen LogP contribution in [0.25, 0.3) is 10.9 Å². The summed E-state index contributed by atoms with van der Waals surface area (Å²) in [7, 11) is 0. The number of hydrogen-bond acceptors (Lipinski definition) is 2. The van der Waals surface area contributed by atoms with E-state index in [9.17, 15) is 4.79 Å². The molecule has 1 aromatic heterocycles. The average molecular weight is 273 g/mol. The second-order valence-electron chi connectivity index (χ2n) is 3.30. The summed E-state index contributed by atoms with van der Waals surface area (Å²) in [4.78, 5) is 15.6. The standard InChI is InChI=1S/C12H10NO.Y/c1-8-7-13-11-6-4-3-5-10(11)12(8)9(2)14;/h3-6H,1-2H3;/q-1;+3. The third kappa shape index (κ3) is 2.32. The van der Waals surface area contributed by atoms with Gasteiger partial charge in [-0.3, -0.25) is 0 Å². The fourth-order valence-corrected chi connectivity index (χ4v) is 1.64. The largest absolute Gasteiger partial charge is 3.00 e. The minimum Gasteiger partial charge on any atom is -0.386 e. The van der Waals surface area contributed by atoms with Crippen molar-refractivity contribution < 1.29 is 37.5 Å². The summed E-state index contributed by atoms with van der Waals surface area (Å²) in [5.41, 5.74) is 2.37. The number of benzene rings is 1. The molecule has 2 rings (SSSR count). The fraction of sp³-hybridized carbons (Fsp3) is 0.167. The first-order valence-corrected chi connectivity index (χ1v) is 4.48. The Morgan fingerprint density at radius 1 is 1.33 bits per heavy atom. The summed E-state index contributed by atoms with van der Waals surface area (Å²) in [5, 5.41) is 0.913. The monoisotopic (exact) mass is 273 g/mol. The number of para-hydroxylation sites is 1. The normalized spacial score (nSPS) is 9.73. The number of aryl methyl sites for hydroxylation is 1. The zero-order valence-corrected chi connectivity index (χ0v) is 11.6. The van der Waals surface area contributed by atoms with Crippen LogP contribution in [0.3, 0.4) is 0 Å². The molecule has 0 unspecified atom stereocenters. The molecule has 0 aliphatic heterocycles. The maximum Gasteiger partial charge on any atom is 3.00 e. The van der Waals surface area contributed by atoms with Crippen LogP contribution in [0, 0.1) is 13.1 Å². The van der Waals surface area contributed by atoms with Gasteiger partial charge in [-0.05, 0) is 12.4 Å². The predicted molar refractivity (Wildman–Crippen MR) is 55.3 cm³/mol. The van der Waals surface area contributed by atoms with Gasteiger partial charge < -0.3 is 9.78 Å². The topological polar surface area (TPSA) is 30.0 Å². The van der Waals surface area contributed by atoms with Crippen molar-refractivity contribution in [3.63, 3.8) is 0 Å². The molecule has 1 heterocycles. The van der Waals surface area contributed by atoms with E-state index in [2.05, 4.69) is 11.2 Å². The Bertz CT molecular complexity index is 508. The number of rotatable bonds is 1. The third-order valence-electron chi connectivity index (χ3n) is 2.24. The van der Waals surface area contributed by atoms with E-state index in [1.54, 1.807) is 6.92 Å². The van der Waals surface area contributed by atoms with Crippen LogP contribution in [0.4, 0.5) is 0 Å². The van der Waals surface area contributed by atoms with Crippen LogP contribution < -0.4 is 0 Å². The van der Waals surface area contributed by atoms with E-state index >= 15 is 0 Å². The zero-order valence-electron chi connectivity index (χ0n) is 8.74. The number of carbonyl (C=O) groups is 1. The summed E-state index contributed by atoms with van der Waals surface area (Å²) in [6.07, 6.45) is 2.85. The van der Waals surface area contributed by atoms with Crippen LogP contribution >= 0.6 is 0 Å². The van der Waals surface area contributed by atoms with Crippen molar-refractivity contribution in [2.75, 3.05) is 0 Å². The molecule has 0 fully saturated rings. The molecule has 15 heavy (non-hydrogen) atoms. The van der Waals surface area contributed by atoms with Crippen molar-refractivity contribution in [3.8, 4) is 0 Å². The Morgan fingerprint density at radius 2 is 2.00 bits per heavy atom. The minimum atomic E-state index is 0. The van der Waals surface area contributed by atoms with Gasteiger partial charge >= 0.3 is 32.7 Å². The maximum atomic E-state index is 11.4. The summed E-state index contributed by atoms with van der Waals surface area (Å²) >= 11 is 0. The van der Waals surface area contributed by atoms with Crippen LogP contribution in [0.15, 0.2) is 24.3 Å². The molecule has 0 radical (unpaired) electrons. The molecular formula is C12H10NOY+2. The van der Waals surface area contributed by atoms with Crippen molar-refractivity contribution >= 4 is 16.7 Å².